The quantitative estimate of drug-likeness (QED) is 0.809. The van der Waals surface area contributed by atoms with Crippen LogP contribution in [0.15, 0.2) is 24.3 Å². The summed E-state index contributed by atoms with van der Waals surface area (Å²) in [5, 5.41) is 9.06. The van der Waals surface area contributed by atoms with Gasteiger partial charge in [-0.25, -0.2) is 4.98 Å². The Labute approximate surface area is 107 Å². The van der Waals surface area contributed by atoms with Crippen LogP contribution in [0.2, 0.25) is 0 Å². The van der Waals surface area contributed by atoms with Gasteiger partial charge in [-0.1, -0.05) is 0 Å². The van der Waals surface area contributed by atoms with Gasteiger partial charge in [0.2, 0.25) is 0 Å². The fourth-order valence-corrected chi connectivity index (χ4v) is 1.96. The van der Waals surface area contributed by atoms with Crippen LogP contribution < -0.4 is 4.90 Å². The van der Waals surface area contributed by atoms with Crippen molar-refractivity contribution in [2.45, 2.75) is 6.92 Å². The molecular weight excluding hydrogens is 224 g/mol. The third kappa shape index (κ3) is 1.95. The second-order valence-corrected chi connectivity index (χ2v) is 4.48. The number of nitrogens with zero attached hydrogens (tertiary/aromatic N) is 4. The zero-order valence-corrected chi connectivity index (χ0v) is 11.1. The average Bonchev–Trinajstić information content (AvgIpc) is 2.64. The molecule has 0 atom stereocenters. The lowest BCUT2D eigenvalue weighted by atomic mass is 10.2. The van der Waals surface area contributed by atoms with E-state index in [1.54, 1.807) is 0 Å². The molecule has 1 aromatic heterocycles. The van der Waals surface area contributed by atoms with Gasteiger partial charge in [0.05, 0.1) is 5.69 Å². The highest BCUT2D eigenvalue weighted by Gasteiger charge is 2.12. The third-order valence-electron chi connectivity index (χ3n) is 3.02. The van der Waals surface area contributed by atoms with Gasteiger partial charge >= 0.3 is 0 Å². The van der Waals surface area contributed by atoms with E-state index in [-0.39, 0.29) is 0 Å². The monoisotopic (exact) mass is 240 g/mol. The van der Waals surface area contributed by atoms with E-state index in [9.17, 15) is 0 Å². The lowest BCUT2D eigenvalue weighted by Gasteiger charge is -2.12. The molecule has 0 aliphatic carbocycles. The van der Waals surface area contributed by atoms with Gasteiger partial charge in [0.1, 0.15) is 17.6 Å². The van der Waals surface area contributed by atoms with Gasteiger partial charge in [-0.3, -0.25) is 0 Å². The van der Waals surface area contributed by atoms with Gasteiger partial charge in [0.15, 0.2) is 0 Å². The van der Waals surface area contributed by atoms with Crippen LogP contribution in [0.3, 0.4) is 0 Å². The molecule has 92 valence electrons. The predicted octanol–water partition coefficient (Wildman–Crippen LogP) is 2.33. The molecule has 2 rings (SSSR count). The molecule has 0 N–H and O–H groups in total. The maximum Gasteiger partial charge on any atom is 0.143 e. The first-order valence-electron chi connectivity index (χ1n) is 5.75. The lowest BCUT2D eigenvalue weighted by Crippen LogP contribution is -2.08. The van der Waals surface area contributed by atoms with Crippen LogP contribution >= 0.6 is 0 Å². The lowest BCUT2D eigenvalue weighted by molar-refractivity contribution is 0.906. The van der Waals surface area contributed by atoms with Crippen LogP contribution in [0.5, 0.6) is 0 Å². The van der Waals surface area contributed by atoms with Gasteiger partial charge in [-0.15, -0.1) is 0 Å². The highest BCUT2D eigenvalue weighted by Crippen LogP contribution is 2.23. The minimum Gasteiger partial charge on any atom is -0.378 e. The Balaban J connectivity index is 2.47. The number of aromatic nitrogens is 2. The summed E-state index contributed by atoms with van der Waals surface area (Å²) in [6.45, 7) is 1.86. The Bertz CT molecular complexity index is 600. The summed E-state index contributed by atoms with van der Waals surface area (Å²) in [5.74, 6) is 0.828. The minimum atomic E-state index is 0.613. The van der Waals surface area contributed by atoms with E-state index in [0.29, 0.717) is 5.69 Å². The number of aryl methyl sites for hydroxylation is 1. The van der Waals surface area contributed by atoms with E-state index in [2.05, 4.69) is 11.1 Å². The largest absolute Gasteiger partial charge is 0.378 e. The molecule has 1 heterocycles. The van der Waals surface area contributed by atoms with Gasteiger partial charge in [0.25, 0.3) is 0 Å². The first-order valence-corrected chi connectivity index (χ1v) is 5.75. The standard InChI is InChI=1S/C14H16N4/c1-10-13(9-15)18(4)14(16-10)11-5-7-12(8-6-11)17(2)3/h5-8H,1-4H3. The molecule has 4 heteroatoms. The van der Waals surface area contributed by atoms with Crippen molar-refractivity contribution in [3.63, 3.8) is 0 Å². The number of nitriles is 1. The molecule has 0 saturated carbocycles. The van der Waals surface area contributed by atoms with E-state index in [0.717, 1.165) is 22.8 Å². The summed E-state index contributed by atoms with van der Waals surface area (Å²) in [5.41, 5.74) is 3.55. The Hall–Kier alpha value is -2.28. The Morgan fingerprint density at radius 3 is 2.28 bits per heavy atom. The smallest absolute Gasteiger partial charge is 0.143 e. The van der Waals surface area contributed by atoms with Gasteiger partial charge in [-0.05, 0) is 31.2 Å². The zero-order valence-electron chi connectivity index (χ0n) is 11.1. The summed E-state index contributed by atoms with van der Waals surface area (Å²) in [6.07, 6.45) is 0. The summed E-state index contributed by atoms with van der Waals surface area (Å²) >= 11 is 0. The number of benzene rings is 1. The van der Waals surface area contributed by atoms with Gasteiger partial charge < -0.3 is 9.47 Å². The maximum absolute atomic E-state index is 9.06. The van der Waals surface area contributed by atoms with Crippen LogP contribution in [0, 0.1) is 18.3 Å². The van der Waals surface area contributed by atoms with E-state index < -0.39 is 0 Å². The SMILES string of the molecule is Cc1nc(-c2ccc(N(C)C)cc2)n(C)c1C#N. The number of hydrogen-bond donors (Lipinski definition) is 0. The second kappa shape index (κ2) is 4.53. The van der Waals surface area contributed by atoms with Crippen molar-refractivity contribution in [3.05, 3.63) is 35.7 Å². The van der Waals surface area contributed by atoms with Crippen LogP contribution in [-0.4, -0.2) is 23.6 Å². The van der Waals surface area contributed by atoms with Crippen molar-refractivity contribution in [1.82, 2.24) is 9.55 Å². The zero-order chi connectivity index (χ0) is 13.3. The molecule has 1 aromatic carbocycles. The van der Waals surface area contributed by atoms with E-state index in [4.69, 9.17) is 5.26 Å². The molecule has 4 nitrogen and oxygen atoms in total. The van der Waals surface area contributed by atoms with Gasteiger partial charge in [-0.2, -0.15) is 5.26 Å². The molecule has 0 amide bonds. The molecule has 0 radical (unpaired) electrons. The number of hydrogen-bond acceptors (Lipinski definition) is 3. The fraction of sp³-hybridized carbons (Fsp3) is 0.286. The Kier molecular flexibility index (Phi) is 3.07. The third-order valence-corrected chi connectivity index (χ3v) is 3.02. The van der Waals surface area contributed by atoms with Crippen molar-refractivity contribution in [2.75, 3.05) is 19.0 Å². The highest BCUT2D eigenvalue weighted by atomic mass is 15.1. The van der Waals surface area contributed by atoms with Crippen molar-refractivity contribution in [3.8, 4) is 17.5 Å². The second-order valence-electron chi connectivity index (χ2n) is 4.48. The van der Waals surface area contributed by atoms with Crippen LogP contribution in [0.1, 0.15) is 11.4 Å². The molecule has 0 saturated heterocycles. The molecule has 0 aliphatic rings. The first-order chi connectivity index (χ1) is 8.54. The van der Waals surface area contributed by atoms with E-state index >= 15 is 0 Å². The van der Waals surface area contributed by atoms with Crippen LogP contribution in [0.4, 0.5) is 5.69 Å². The predicted molar refractivity (Wildman–Crippen MR) is 72.4 cm³/mol. The van der Waals surface area contributed by atoms with Crippen LogP contribution in [-0.2, 0) is 7.05 Å². The molecule has 0 unspecified atom stereocenters. The Morgan fingerprint density at radius 2 is 1.83 bits per heavy atom. The maximum atomic E-state index is 9.06. The van der Waals surface area contributed by atoms with Crippen molar-refractivity contribution >= 4 is 5.69 Å². The normalized spacial score (nSPS) is 10.2. The van der Waals surface area contributed by atoms with Crippen LogP contribution in [0.25, 0.3) is 11.4 Å². The molecule has 2 aromatic rings. The molecular formula is C14H16N4. The summed E-state index contributed by atoms with van der Waals surface area (Å²) in [6, 6.07) is 10.3. The number of rotatable bonds is 2. The minimum absolute atomic E-state index is 0.613. The Morgan fingerprint density at radius 1 is 1.22 bits per heavy atom. The number of imidazole rings is 1. The topological polar surface area (TPSA) is 44.9 Å². The fourth-order valence-electron chi connectivity index (χ4n) is 1.96. The van der Waals surface area contributed by atoms with Gasteiger partial charge in [0, 0.05) is 32.4 Å². The van der Waals surface area contributed by atoms with Crippen molar-refractivity contribution in [2.24, 2.45) is 7.05 Å². The molecule has 0 aliphatic heterocycles. The van der Waals surface area contributed by atoms with E-state index in [1.807, 2.05) is 61.8 Å². The summed E-state index contributed by atoms with van der Waals surface area (Å²) in [4.78, 5) is 6.50. The van der Waals surface area contributed by atoms with Crippen molar-refractivity contribution in [1.29, 1.82) is 5.26 Å². The first kappa shape index (κ1) is 12.2. The molecule has 0 spiro atoms. The molecule has 0 fully saturated rings. The number of anilines is 1. The summed E-state index contributed by atoms with van der Waals surface area (Å²) in [7, 11) is 5.88. The average molecular weight is 240 g/mol. The highest BCUT2D eigenvalue weighted by molar-refractivity contribution is 5.62. The molecule has 18 heavy (non-hydrogen) atoms. The van der Waals surface area contributed by atoms with E-state index in [1.165, 1.54) is 0 Å². The van der Waals surface area contributed by atoms with Crippen molar-refractivity contribution < 1.29 is 0 Å². The molecule has 0 bridgehead atoms. The summed E-state index contributed by atoms with van der Waals surface area (Å²) < 4.78 is 1.83.